The third-order valence-electron chi connectivity index (χ3n) is 2.57. The number of nitrogens with one attached hydrogen (secondary N) is 2. The number of aromatic nitrogens is 2. The van der Waals surface area contributed by atoms with Crippen LogP contribution in [0.15, 0.2) is 4.52 Å². The van der Waals surface area contributed by atoms with Crippen LogP contribution in [0.1, 0.15) is 31.5 Å². The minimum Gasteiger partial charge on any atom is -0.347 e. The Kier molecular flexibility index (Phi) is 4.89. The lowest BCUT2D eigenvalue weighted by Gasteiger charge is -2.25. The molecule has 2 heterocycles. The summed E-state index contributed by atoms with van der Waals surface area (Å²) < 4.78 is 5.02. The van der Waals surface area contributed by atoms with Crippen molar-refractivity contribution in [1.82, 2.24) is 20.8 Å². The highest BCUT2D eigenvalue weighted by Gasteiger charge is 2.24. The van der Waals surface area contributed by atoms with Crippen molar-refractivity contribution in [3.05, 3.63) is 11.7 Å². The maximum Gasteiger partial charge on any atom is 0.246 e. The van der Waals surface area contributed by atoms with E-state index >= 15 is 0 Å². The quantitative estimate of drug-likeness (QED) is 0.822. The Morgan fingerprint density at radius 1 is 1.59 bits per heavy atom. The first-order valence-electron chi connectivity index (χ1n) is 5.47. The van der Waals surface area contributed by atoms with E-state index in [2.05, 4.69) is 20.8 Å². The van der Waals surface area contributed by atoms with E-state index in [0.29, 0.717) is 18.3 Å². The molecule has 7 heteroatoms. The molecular weight excluding hydrogens is 244 g/mol. The first-order valence-corrected chi connectivity index (χ1v) is 5.47. The van der Waals surface area contributed by atoms with E-state index in [-0.39, 0.29) is 30.2 Å². The zero-order chi connectivity index (χ0) is 11.5. The van der Waals surface area contributed by atoms with Crippen LogP contribution in [0.5, 0.6) is 0 Å². The standard InChI is InChI=1S/C10H16N4O2.ClH/c1-6(2)9-13-8(16-14-9)5-12-10(15)7-3-11-4-7;/h6-7,11H,3-5H2,1-2H3,(H,12,15);1H. The molecule has 1 fully saturated rings. The van der Waals surface area contributed by atoms with Crippen molar-refractivity contribution in [2.45, 2.75) is 26.3 Å². The second-order valence-electron chi connectivity index (χ2n) is 4.27. The van der Waals surface area contributed by atoms with Crippen LogP contribution in [0.4, 0.5) is 0 Å². The Labute approximate surface area is 106 Å². The molecule has 1 aliphatic rings. The SMILES string of the molecule is CC(C)c1noc(CNC(=O)C2CNC2)n1.Cl. The summed E-state index contributed by atoms with van der Waals surface area (Å²) in [6, 6.07) is 0. The predicted octanol–water partition coefficient (Wildman–Crippen LogP) is 0.450. The minimum atomic E-state index is 0. The Balaban J connectivity index is 0.00000144. The highest BCUT2D eigenvalue weighted by atomic mass is 35.5. The van der Waals surface area contributed by atoms with Gasteiger partial charge in [-0.2, -0.15) is 4.98 Å². The lowest BCUT2D eigenvalue weighted by molar-refractivity contribution is -0.126. The average molecular weight is 261 g/mol. The normalized spacial score (nSPS) is 15.2. The maximum absolute atomic E-state index is 11.5. The van der Waals surface area contributed by atoms with Gasteiger partial charge in [-0.3, -0.25) is 4.79 Å². The molecule has 1 aromatic rings. The molecule has 1 aliphatic heterocycles. The van der Waals surface area contributed by atoms with E-state index < -0.39 is 0 Å². The Bertz CT molecular complexity index is 376. The van der Waals surface area contributed by atoms with Crippen LogP contribution in [0, 0.1) is 5.92 Å². The second-order valence-corrected chi connectivity index (χ2v) is 4.27. The van der Waals surface area contributed by atoms with Crippen LogP contribution >= 0.6 is 12.4 Å². The third kappa shape index (κ3) is 3.41. The van der Waals surface area contributed by atoms with E-state index in [1.165, 1.54) is 0 Å². The van der Waals surface area contributed by atoms with Crippen molar-refractivity contribution in [1.29, 1.82) is 0 Å². The molecule has 2 N–H and O–H groups in total. The van der Waals surface area contributed by atoms with Gasteiger partial charge in [-0.15, -0.1) is 12.4 Å². The van der Waals surface area contributed by atoms with E-state index in [1.807, 2.05) is 13.8 Å². The van der Waals surface area contributed by atoms with Gasteiger partial charge in [0, 0.05) is 19.0 Å². The van der Waals surface area contributed by atoms with Crippen molar-refractivity contribution in [3.8, 4) is 0 Å². The van der Waals surface area contributed by atoms with Crippen LogP contribution in [-0.4, -0.2) is 29.1 Å². The molecule has 0 aromatic carbocycles. The largest absolute Gasteiger partial charge is 0.347 e. The first kappa shape index (κ1) is 13.9. The molecule has 0 bridgehead atoms. The van der Waals surface area contributed by atoms with Gasteiger partial charge in [0.15, 0.2) is 5.82 Å². The number of carbonyl (C=O) groups excluding carboxylic acids is 1. The van der Waals surface area contributed by atoms with Crippen molar-refractivity contribution in [2.24, 2.45) is 5.92 Å². The molecular formula is C10H17ClN4O2. The van der Waals surface area contributed by atoms with E-state index in [0.717, 1.165) is 13.1 Å². The van der Waals surface area contributed by atoms with Crippen LogP contribution < -0.4 is 10.6 Å². The molecule has 0 saturated carbocycles. The number of rotatable bonds is 4. The van der Waals surface area contributed by atoms with Gasteiger partial charge in [0.2, 0.25) is 11.8 Å². The monoisotopic (exact) mass is 260 g/mol. The summed E-state index contributed by atoms with van der Waals surface area (Å²) in [4.78, 5) is 15.7. The zero-order valence-corrected chi connectivity index (χ0v) is 10.7. The maximum atomic E-state index is 11.5. The molecule has 0 radical (unpaired) electrons. The molecule has 0 spiro atoms. The number of carbonyl (C=O) groups is 1. The van der Waals surface area contributed by atoms with Gasteiger partial charge in [0.05, 0.1) is 12.5 Å². The fraction of sp³-hybridized carbons (Fsp3) is 0.700. The summed E-state index contributed by atoms with van der Waals surface area (Å²) in [5.41, 5.74) is 0. The van der Waals surface area contributed by atoms with Gasteiger partial charge in [-0.05, 0) is 0 Å². The number of hydrogen-bond donors (Lipinski definition) is 2. The number of nitrogens with zero attached hydrogens (tertiary/aromatic N) is 2. The van der Waals surface area contributed by atoms with Crippen LogP contribution in [0.25, 0.3) is 0 Å². The molecule has 1 amide bonds. The number of amides is 1. The highest BCUT2D eigenvalue weighted by molar-refractivity contribution is 5.85. The summed E-state index contributed by atoms with van der Waals surface area (Å²) in [5, 5.41) is 9.65. The molecule has 6 nitrogen and oxygen atoms in total. The Hall–Kier alpha value is -1.14. The van der Waals surface area contributed by atoms with Gasteiger partial charge in [-0.25, -0.2) is 0 Å². The third-order valence-corrected chi connectivity index (χ3v) is 2.57. The summed E-state index contributed by atoms with van der Waals surface area (Å²) in [6.45, 7) is 5.81. The fourth-order valence-corrected chi connectivity index (χ4v) is 1.36. The lowest BCUT2D eigenvalue weighted by atomic mass is 10.0. The van der Waals surface area contributed by atoms with Crippen molar-refractivity contribution >= 4 is 18.3 Å². The summed E-state index contributed by atoms with van der Waals surface area (Å²) in [7, 11) is 0. The zero-order valence-electron chi connectivity index (χ0n) is 9.90. The molecule has 17 heavy (non-hydrogen) atoms. The lowest BCUT2D eigenvalue weighted by Crippen LogP contribution is -2.50. The fourth-order valence-electron chi connectivity index (χ4n) is 1.36. The van der Waals surface area contributed by atoms with Gasteiger partial charge >= 0.3 is 0 Å². The van der Waals surface area contributed by atoms with Gasteiger partial charge in [-0.1, -0.05) is 19.0 Å². The summed E-state index contributed by atoms with van der Waals surface area (Å²) in [5.74, 6) is 1.51. The molecule has 1 aromatic heterocycles. The molecule has 0 aliphatic carbocycles. The van der Waals surface area contributed by atoms with Crippen molar-refractivity contribution in [2.75, 3.05) is 13.1 Å². The smallest absolute Gasteiger partial charge is 0.246 e. The first-order chi connectivity index (χ1) is 7.66. The van der Waals surface area contributed by atoms with Gasteiger partial charge in [0.1, 0.15) is 0 Å². The number of halogens is 1. The minimum absolute atomic E-state index is 0. The van der Waals surface area contributed by atoms with Crippen molar-refractivity contribution < 1.29 is 9.32 Å². The van der Waals surface area contributed by atoms with E-state index in [4.69, 9.17) is 4.52 Å². The van der Waals surface area contributed by atoms with Crippen LogP contribution in [0.3, 0.4) is 0 Å². The topological polar surface area (TPSA) is 80.0 Å². The van der Waals surface area contributed by atoms with E-state index in [9.17, 15) is 4.79 Å². The molecule has 96 valence electrons. The van der Waals surface area contributed by atoms with Crippen LogP contribution in [-0.2, 0) is 11.3 Å². The van der Waals surface area contributed by atoms with E-state index in [1.54, 1.807) is 0 Å². The second kappa shape index (κ2) is 5.97. The van der Waals surface area contributed by atoms with Crippen LogP contribution in [0.2, 0.25) is 0 Å². The molecule has 1 saturated heterocycles. The summed E-state index contributed by atoms with van der Waals surface area (Å²) >= 11 is 0. The summed E-state index contributed by atoms with van der Waals surface area (Å²) in [6.07, 6.45) is 0. The molecule has 0 unspecified atom stereocenters. The number of hydrogen-bond acceptors (Lipinski definition) is 5. The Morgan fingerprint density at radius 3 is 2.76 bits per heavy atom. The Morgan fingerprint density at radius 2 is 2.29 bits per heavy atom. The average Bonchev–Trinajstić information content (AvgIpc) is 2.60. The van der Waals surface area contributed by atoms with Crippen molar-refractivity contribution in [3.63, 3.8) is 0 Å². The highest BCUT2D eigenvalue weighted by Crippen LogP contribution is 2.09. The van der Waals surface area contributed by atoms with Gasteiger partial charge < -0.3 is 15.2 Å². The predicted molar refractivity (Wildman–Crippen MR) is 63.8 cm³/mol. The molecule has 0 atom stereocenters. The molecule has 2 rings (SSSR count). The van der Waals surface area contributed by atoms with Gasteiger partial charge in [0.25, 0.3) is 0 Å².